The average Bonchev–Trinajstić information content (AvgIpc) is 3.02. The summed E-state index contributed by atoms with van der Waals surface area (Å²) in [6, 6.07) is 14.8. The van der Waals surface area contributed by atoms with Crippen molar-refractivity contribution in [3.8, 4) is 0 Å². The third-order valence-corrected chi connectivity index (χ3v) is 11.9. The van der Waals surface area contributed by atoms with Gasteiger partial charge in [0.1, 0.15) is 0 Å². The number of halogens is 16. The molecular formula is C28H21F16O2P. The Morgan fingerprint density at radius 1 is 0.426 bits per heavy atom. The van der Waals surface area contributed by atoms with Crippen molar-refractivity contribution >= 4 is 23.0 Å². The molecule has 0 aliphatic carbocycles. The van der Waals surface area contributed by atoms with Gasteiger partial charge in [-0.25, -0.2) is 0 Å². The van der Waals surface area contributed by atoms with Crippen molar-refractivity contribution in [2.45, 2.75) is 48.4 Å². The van der Waals surface area contributed by atoms with Gasteiger partial charge in [-0.05, 0) is 0 Å². The van der Waals surface area contributed by atoms with Crippen LogP contribution in [0.1, 0.15) is 0 Å². The molecule has 0 aromatic heterocycles. The zero-order valence-corrected chi connectivity index (χ0v) is 23.9. The summed E-state index contributed by atoms with van der Waals surface area (Å²) >= 11 is 0. The van der Waals surface area contributed by atoms with Gasteiger partial charge in [-0.3, -0.25) is 0 Å². The minimum absolute atomic E-state index is 0.727. The summed E-state index contributed by atoms with van der Waals surface area (Å²) in [5.74, 6) is -39.9. The Bertz CT molecular complexity index is 1320. The van der Waals surface area contributed by atoms with Gasteiger partial charge in [0.2, 0.25) is 0 Å². The van der Waals surface area contributed by atoms with Crippen LogP contribution in [-0.2, 0) is 9.05 Å². The second-order valence-corrected chi connectivity index (χ2v) is 13.9. The summed E-state index contributed by atoms with van der Waals surface area (Å²) in [6.07, 6.45) is -10.7. The fourth-order valence-electron chi connectivity index (χ4n) is 4.38. The van der Waals surface area contributed by atoms with E-state index in [2.05, 4.69) is 0 Å². The quantitative estimate of drug-likeness (QED) is 0.115. The van der Waals surface area contributed by atoms with Gasteiger partial charge >= 0.3 is 255 Å². The van der Waals surface area contributed by atoms with Gasteiger partial charge in [0, 0.05) is 0 Å². The molecule has 0 N–H and O–H groups in total. The predicted octanol–water partition coefficient (Wildman–Crippen LogP) is 8.72. The van der Waals surface area contributed by atoms with Crippen molar-refractivity contribution in [3.63, 3.8) is 0 Å². The Hall–Kier alpha value is -3.11. The molecule has 0 bridgehead atoms. The van der Waals surface area contributed by atoms with E-state index in [1.807, 2.05) is 0 Å². The van der Waals surface area contributed by atoms with Gasteiger partial charge in [-0.15, -0.1) is 0 Å². The first-order chi connectivity index (χ1) is 21.5. The van der Waals surface area contributed by atoms with Crippen molar-refractivity contribution in [2.75, 3.05) is 13.2 Å². The summed E-state index contributed by atoms with van der Waals surface area (Å²) in [5, 5.41) is -2.18. The number of hydrogen-bond acceptors (Lipinski definition) is 2. The maximum absolute atomic E-state index is 15.0. The maximum atomic E-state index is 15.0. The Morgan fingerprint density at radius 3 is 0.872 bits per heavy atom. The van der Waals surface area contributed by atoms with Crippen LogP contribution in [-0.4, -0.2) is 61.6 Å². The SMILES string of the molecule is FC(F)C(F)(F)C(F)(F)C(F)(F)COP(OCC(F)(F)C(F)(F)C(F)(F)C(F)F)(c1ccccc1)(c1ccccc1)c1ccccc1. The first kappa shape index (κ1) is 38.3. The van der Waals surface area contributed by atoms with E-state index in [1.54, 1.807) is 0 Å². The van der Waals surface area contributed by atoms with Gasteiger partial charge in [0.25, 0.3) is 0 Å². The molecule has 0 saturated heterocycles. The first-order valence-corrected chi connectivity index (χ1v) is 14.8. The summed E-state index contributed by atoms with van der Waals surface area (Å²) in [6.45, 7) is -6.12. The molecule has 0 heterocycles. The van der Waals surface area contributed by atoms with Crippen molar-refractivity contribution in [1.29, 1.82) is 0 Å². The number of hydrogen-bond donors (Lipinski definition) is 0. The topological polar surface area (TPSA) is 18.5 Å². The fourth-order valence-corrected chi connectivity index (χ4v) is 9.20. The minimum atomic E-state index is -6.92. The molecule has 3 rings (SSSR count). The molecule has 0 aliphatic rings. The van der Waals surface area contributed by atoms with Crippen LogP contribution in [0.25, 0.3) is 0 Å². The molecule has 0 aliphatic heterocycles. The summed E-state index contributed by atoms with van der Waals surface area (Å²) in [5.41, 5.74) is 0. The second kappa shape index (κ2) is 12.7. The van der Waals surface area contributed by atoms with Gasteiger partial charge in [0.15, 0.2) is 0 Å². The van der Waals surface area contributed by atoms with E-state index in [0.29, 0.717) is 0 Å². The Kier molecular flexibility index (Phi) is 10.4. The van der Waals surface area contributed by atoms with Crippen LogP contribution in [0, 0.1) is 0 Å². The van der Waals surface area contributed by atoms with Crippen molar-refractivity contribution < 1.29 is 79.3 Å². The van der Waals surface area contributed by atoms with E-state index in [1.165, 1.54) is 18.2 Å². The van der Waals surface area contributed by atoms with Crippen molar-refractivity contribution in [2.24, 2.45) is 0 Å². The molecule has 2 nitrogen and oxygen atoms in total. The summed E-state index contributed by atoms with van der Waals surface area (Å²) < 4.78 is 235. The van der Waals surface area contributed by atoms with E-state index < -0.39 is 84.6 Å². The molecule has 0 radical (unpaired) electrons. The van der Waals surface area contributed by atoms with Gasteiger partial charge in [0.05, 0.1) is 0 Å². The third kappa shape index (κ3) is 6.05. The van der Waals surface area contributed by atoms with Gasteiger partial charge in [-0.1, -0.05) is 0 Å². The Labute approximate surface area is 255 Å². The first-order valence-electron chi connectivity index (χ1n) is 12.8. The van der Waals surface area contributed by atoms with Gasteiger partial charge < -0.3 is 0 Å². The van der Waals surface area contributed by atoms with Crippen LogP contribution in [0.3, 0.4) is 0 Å². The second-order valence-electron chi connectivity index (χ2n) is 9.92. The van der Waals surface area contributed by atoms with Gasteiger partial charge in [-0.2, -0.15) is 0 Å². The molecular weight excluding hydrogens is 703 g/mol. The summed E-state index contributed by atoms with van der Waals surface area (Å²) in [7, 11) is -6.56. The van der Waals surface area contributed by atoms with E-state index >= 15 is 17.6 Å². The number of benzene rings is 3. The molecule has 262 valence electrons. The molecule has 0 fully saturated rings. The number of alkyl halides is 16. The molecule has 47 heavy (non-hydrogen) atoms. The molecule has 0 spiro atoms. The third-order valence-electron chi connectivity index (χ3n) is 6.96. The van der Waals surface area contributed by atoms with Crippen molar-refractivity contribution in [3.05, 3.63) is 91.0 Å². The molecule has 0 atom stereocenters. The molecule has 19 heteroatoms. The van der Waals surface area contributed by atoms with Crippen LogP contribution in [0.15, 0.2) is 91.0 Å². The van der Waals surface area contributed by atoms with Crippen LogP contribution in [0.5, 0.6) is 0 Å². The van der Waals surface area contributed by atoms with Crippen LogP contribution in [0.4, 0.5) is 70.2 Å². The van der Waals surface area contributed by atoms with E-state index in [9.17, 15) is 52.7 Å². The number of rotatable bonds is 15. The average molecular weight is 724 g/mol. The fraction of sp³-hybridized carbons (Fsp3) is 0.357. The Balaban J connectivity index is 2.43. The molecule has 0 saturated carbocycles. The van der Waals surface area contributed by atoms with E-state index in [4.69, 9.17) is 9.05 Å². The van der Waals surface area contributed by atoms with Crippen LogP contribution in [0.2, 0.25) is 0 Å². The normalized spacial score (nSPS) is 15.1. The molecule has 0 unspecified atom stereocenters. The van der Waals surface area contributed by atoms with Crippen LogP contribution < -0.4 is 15.9 Å². The molecule has 0 amide bonds. The molecule has 3 aromatic rings. The van der Waals surface area contributed by atoms with Crippen LogP contribution >= 0.6 is 7.06 Å². The van der Waals surface area contributed by atoms with Crippen molar-refractivity contribution in [1.82, 2.24) is 0 Å². The Morgan fingerprint density at radius 2 is 0.660 bits per heavy atom. The predicted molar refractivity (Wildman–Crippen MR) is 139 cm³/mol. The standard InChI is InChI=1S/C28H21F16O2P/c29-21(30)25(37,38)27(41,42)23(33,34)16-45-47(18-10-4-1-5-11-18,19-12-6-2-7-13-19,20-14-8-3-9-15-20)46-17-24(35,36)28(43,44)26(39,40)22(31)32/h1-15,21-22H,16-17H2. The summed E-state index contributed by atoms with van der Waals surface area (Å²) in [4.78, 5) is 0. The zero-order valence-electron chi connectivity index (χ0n) is 23.0. The van der Waals surface area contributed by atoms with E-state index in [-0.39, 0.29) is 0 Å². The molecule has 3 aromatic carbocycles. The monoisotopic (exact) mass is 724 g/mol. The zero-order chi connectivity index (χ0) is 35.8. The van der Waals surface area contributed by atoms with E-state index in [0.717, 1.165) is 72.8 Å².